The molecule has 0 aliphatic heterocycles. The van der Waals surface area contributed by atoms with Gasteiger partial charge < -0.3 is 4.98 Å². The highest BCUT2D eigenvalue weighted by molar-refractivity contribution is 7.98. The molecule has 2 aromatic heterocycles. The van der Waals surface area contributed by atoms with E-state index in [1.807, 2.05) is 18.2 Å². The van der Waals surface area contributed by atoms with Gasteiger partial charge in [-0.15, -0.1) is 10.2 Å². The maximum atomic E-state index is 6.22. The van der Waals surface area contributed by atoms with E-state index in [9.17, 15) is 0 Å². The summed E-state index contributed by atoms with van der Waals surface area (Å²) in [6.45, 7) is 4.15. The van der Waals surface area contributed by atoms with Crippen LogP contribution >= 0.6 is 35.0 Å². The van der Waals surface area contributed by atoms with Crippen molar-refractivity contribution in [2.24, 2.45) is 0 Å². The number of rotatable bonds is 3. The van der Waals surface area contributed by atoms with Crippen molar-refractivity contribution in [2.45, 2.75) is 24.8 Å². The molecular weight excluding hydrogens is 375 g/mol. The fraction of sp³-hybridized carbons (Fsp3) is 0.167. The summed E-state index contributed by atoms with van der Waals surface area (Å²) in [6.07, 6.45) is 0. The third-order valence-electron chi connectivity index (χ3n) is 4.05. The molecule has 0 amide bonds. The smallest absolute Gasteiger partial charge is 0.211 e. The monoisotopic (exact) mass is 388 g/mol. The van der Waals surface area contributed by atoms with Crippen molar-refractivity contribution in [1.29, 1.82) is 0 Å². The van der Waals surface area contributed by atoms with E-state index >= 15 is 0 Å². The number of hydrogen-bond donors (Lipinski definition) is 1. The van der Waals surface area contributed by atoms with Gasteiger partial charge in [0.15, 0.2) is 5.65 Å². The number of halogens is 2. The van der Waals surface area contributed by atoms with Crippen LogP contribution in [-0.2, 0) is 5.75 Å². The number of nitrogens with one attached hydrogen (secondary N) is 1. The average molecular weight is 389 g/mol. The van der Waals surface area contributed by atoms with Crippen molar-refractivity contribution in [2.75, 3.05) is 0 Å². The lowest BCUT2D eigenvalue weighted by molar-refractivity contribution is 0.878. The molecule has 0 spiro atoms. The van der Waals surface area contributed by atoms with Crippen LogP contribution in [0, 0.1) is 13.8 Å². The highest BCUT2D eigenvalue weighted by atomic mass is 35.5. The molecule has 4 aromatic rings. The van der Waals surface area contributed by atoms with Gasteiger partial charge in [-0.2, -0.15) is 0 Å². The molecule has 0 aliphatic carbocycles. The maximum absolute atomic E-state index is 6.22. The Morgan fingerprint density at radius 2 is 1.84 bits per heavy atom. The largest absolute Gasteiger partial charge is 0.337 e. The molecule has 0 saturated carbocycles. The molecule has 7 heteroatoms. The van der Waals surface area contributed by atoms with E-state index in [0.29, 0.717) is 21.0 Å². The van der Waals surface area contributed by atoms with Crippen LogP contribution in [0.3, 0.4) is 0 Å². The fourth-order valence-electron chi connectivity index (χ4n) is 2.89. The van der Waals surface area contributed by atoms with Crippen LogP contribution in [0.15, 0.2) is 35.5 Å². The van der Waals surface area contributed by atoms with Crippen LogP contribution in [-0.4, -0.2) is 20.2 Å². The standard InChI is InChI=1S/C18H14Cl2N4S/c1-9-6-10(2)15-11(7-9)16-17(21-15)22-18(24-23-16)25-8-12-13(19)4-3-5-14(12)20/h3-7H,8H2,1-2H3,(H,21,22,24). The Morgan fingerprint density at radius 1 is 1.08 bits per heavy atom. The molecule has 25 heavy (non-hydrogen) atoms. The van der Waals surface area contributed by atoms with E-state index in [4.69, 9.17) is 23.2 Å². The second-order valence-electron chi connectivity index (χ2n) is 5.91. The van der Waals surface area contributed by atoms with Gasteiger partial charge in [-0.1, -0.05) is 52.7 Å². The van der Waals surface area contributed by atoms with Crippen molar-refractivity contribution in [1.82, 2.24) is 20.2 Å². The van der Waals surface area contributed by atoms with E-state index in [1.165, 1.54) is 22.9 Å². The van der Waals surface area contributed by atoms with Crippen LogP contribution in [0.2, 0.25) is 10.0 Å². The molecule has 0 aliphatic rings. The summed E-state index contributed by atoms with van der Waals surface area (Å²) in [5, 5.41) is 11.6. The lowest BCUT2D eigenvalue weighted by atomic mass is 10.1. The molecule has 4 nitrogen and oxygen atoms in total. The van der Waals surface area contributed by atoms with Crippen molar-refractivity contribution < 1.29 is 0 Å². The molecule has 0 unspecified atom stereocenters. The minimum atomic E-state index is 0.587. The van der Waals surface area contributed by atoms with Crippen molar-refractivity contribution in [3.05, 3.63) is 57.1 Å². The molecule has 126 valence electrons. The summed E-state index contributed by atoms with van der Waals surface area (Å²) in [7, 11) is 0. The average Bonchev–Trinajstić information content (AvgIpc) is 2.93. The summed E-state index contributed by atoms with van der Waals surface area (Å²) >= 11 is 13.9. The molecule has 0 fully saturated rings. The van der Waals surface area contributed by atoms with E-state index < -0.39 is 0 Å². The van der Waals surface area contributed by atoms with Gasteiger partial charge in [-0.05, 0) is 43.2 Å². The number of H-pyrrole nitrogens is 1. The summed E-state index contributed by atoms with van der Waals surface area (Å²) in [6, 6.07) is 9.73. The molecule has 2 aromatic carbocycles. The van der Waals surface area contributed by atoms with Crippen LogP contribution in [0.4, 0.5) is 0 Å². The van der Waals surface area contributed by atoms with Gasteiger partial charge in [0, 0.05) is 21.2 Å². The summed E-state index contributed by atoms with van der Waals surface area (Å²) < 4.78 is 0. The quantitative estimate of drug-likeness (QED) is 0.455. The number of aromatic amines is 1. The van der Waals surface area contributed by atoms with Gasteiger partial charge in [-0.3, -0.25) is 0 Å². The van der Waals surface area contributed by atoms with Gasteiger partial charge in [0.25, 0.3) is 0 Å². The minimum absolute atomic E-state index is 0.587. The molecule has 2 heterocycles. The highest BCUT2D eigenvalue weighted by Crippen LogP contribution is 2.31. The second kappa shape index (κ2) is 6.48. The normalized spacial score (nSPS) is 11.5. The number of aromatic nitrogens is 4. The number of aryl methyl sites for hydroxylation is 2. The first-order valence-corrected chi connectivity index (χ1v) is 9.46. The fourth-order valence-corrected chi connectivity index (χ4v) is 4.41. The predicted octanol–water partition coefficient (Wildman–Crippen LogP) is 5.72. The molecule has 4 rings (SSSR count). The number of fused-ring (bicyclic) bond motifs is 3. The zero-order valence-corrected chi connectivity index (χ0v) is 15.9. The van der Waals surface area contributed by atoms with E-state index in [-0.39, 0.29) is 0 Å². The number of thioether (sulfide) groups is 1. The predicted molar refractivity (Wildman–Crippen MR) is 105 cm³/mol. The first kappa shape index (κ1) is 16.6. The zero-order chi connectivity index (χ0) is 17.6. The SMILES string of the molecule is Cc1cc(C)c2[nH]c3nc(SCc4c(Cl)cccc4Cl)nnc3c2c1. The first-order valence-electron chi connectivity index (χ1n) is 7.72. The molecule has 0 atom stereocenters. The number of hydrogen-bond acceptors (Lipinski definition) is 4. The third-order valence-corrected chi connectivity index (χ3v) is 5.63. The molecular formula is C18H14Cl2N4S. The Hall–Kier alpha value is -1.82. The summed E-state index contributed by atoms with van der Waals surface area (Å²) in [5.74, 6) is 0.587. The molecule has 1 N–H and O–H groups in total. The van der Waals surface area contributed by atoms with Crippen molar-refractivity contribution in [3.8, 4) is 0 Å². The van der Waals surface area contributed by atoms with Gasteiger partial charge in [0.05, 0.1) is 5.52 Å². The van der Waals surface area contributed by atoms with E-state index in [1.54, 1.807) is 0 Å². The Morgan fingerprint density at radius 3 is 2.60 bits per heavy atom. The van der Waals surface area contributed by atoms with Crippen LogP contribution in [0.1, 0.15) is 16.7 Å². The lowest BCUT2D eigenvalue weighted by Crippen LogP contribution is -1.93. The maximum Gasteiger partial charge on any atom is 0.211 e. The molecule has 0 bridgehead atoms. The van der Waals surface area contributed by atoms with Crippen LogP contribution < -0.4 is 0 Å². The molecule has 0 radical (unpaired) electrons. The molecule has 0 saturated heterocycles. The Balaban J connectivity index is 1.70. The van der Waals surface area contributed by atoms with Gasteiger partial charge in [-0.25, -0.2) is 4.98 Å². The van der Waals surface area contributed by atoms with Crippen molar-refractivity contribution in [3.63, 3.8) is 0 Å². The first-order chi connectivity index (χ1) is 12.0. The van der Waals surface area contributed by atoms with Gasteiger partial charge in [0.1, 0.15) is 5.52 Å². The van der Waals surface area contributed by atoms with Gasteiger partial charge in [0.2, 0.25) is 5.16 Å². The Bertz CT molecular complexity index is 1090. The minimum Gasteiger partial charge on any atom is -0.337 e. The second-order valence-corrected chi connectivity index (χ2v) is 7.67. The van der Waals surface area contributed by atoms with E-state index in [2.05, 4.69) is 46.1 Å². The van der Waals surface area contributed by atoms with Crippen molar-refractivity contribution >= 4 is 57.0 Å². The number of nitrogens with zero attached hydrogens (tertiary/aromatic N) is 3. The highest BCUT2D eigenvalue weighted by Gasteiger charge is 2.13. The zero-order valence-electron chi connectivity index (χ0n) is 13.6. The number of benzene rings is 2. The Labute approximate surface area is 159 Å². The van der Waals surface area contributed by atoms with E-state index in [0.717, 1.165) is 27.6 Å². The van der Waals surface area contributed by atoms with Crippen LogP contribution in [0.5, 0.6) is 0 Å². The topological polar surface area (TPSA) is 54.5 Å². The Kier molecular flexibility index (Phi) is 4.31. The van der Waals surface area contributed by atoms with Gasteiger partial charge >= 0.3 is 0 Å². The summed E-state index contributed by atoms with van der Waals surface area (Å²) in [4.78, 5) is 7.96. The summed E-state index contributed by atoms with van der Waals surface area (Å²) in [5.41, 5.74) is 5.83. The lowest BCUT2D eigenvalue weighted by Gasteiger charge is -2.05. The third kappa shape index (κ3) is 3.08. The van der Waals surface area contributed by atoms with Crippen LogP contribution in [0.25, 0.3) is 22.1 Å².